The minimum absolute atomic E-state index is 0.217. The highest BCUT2D eigenvalue weighted by molar-refractivity contribution is 7.80. The van der Waals surface area contributed by atoms with Crippen LogP contribution in [0.4, 0.5) is 11.8 Å². The van der Waals surface area contributed by atoms with Crippen molar-refractivity contribution >= 4 is 51.7 Å². The second-order valence-electron chi connectivity index (χ2n) is 8.80. The van der Waals surface area contributed by atoms with Crippen LogP contribution in [0.1, 0.15) is 5.56 Å². The number of fused-ring (bicyclic) bond motifs is 1. The summed E-state index contributed by atoms with van der Waals surface area (Å²) in [5.74, 6) is 2.23. The Labute approximate surface area is 231 Å². The molecule has 0 unspecified atom stereocenters. The molecule has 11 heteroatoms. The van der Waals surface area contributed by atoms with Gasteiger partial charge >= 0.3 is 0 Å². The number of piperazine rings is 1. The van der Waals surface area contributed by atoms with Crippen molar-refractivity contribution in [1.29, 1.82) is 0 Å². The molecule has 0 atom stereocenters. The first kappa shape index (κ1) is 25.7. The molecule has 2 aromatic heterocycles. The first-order valence-electron chi connectivity index (χ1n) is 12.1. The van der Waals surface area contributed by atoms with Crippen LogP contribution in [0, 0.1) is 0 Å². The van der Waals surface area contributed by atoms with Gasteiger partial charge in [-0.3, -0.25) is 0 Å². The van der Waals surface area contributed by atoms with Gasteiger partial charge < -0.3 is 30.3 Å². The zero-order chi connectivity index (χ0) is 26.6. The predicted octanol–water partition coefficient (Wildman–Crippen LogP) is 4.14. The molecule has 1 fully saturated rings. The number of benzene rings is 2. The van der Waals surface area contributed by atoms with Crippen molar-refractivity contribution in [3.8, 4) is 22.8 Å². The molecule has 3 heterocycles. The maximum absolute atomic E-state index is 6.09. The van der Waals surface area contributed by atoms with Crippen LogP contribution in [0.15, 0.2) is 54.6 Å². The highest BCUT2D eigenvalue weighted by atomic mass is 35.5. The van der Waals surface area contributed by atoms with Gasteiger partial charge in [0.15, 0.2) is 22.4 Å². The fourth-order valence-corrected chi connectivity index (χ4v) is 4.92. The standard InChI is InChI=1S/C27H28ClN7O2S/c1-36-22-9-6-18(15-23(22)37-2)20-7-8-21-24(31-20)25(33-26(29)32-21)34-10-12-35(13-11-34)27(38)30-16-17-4-3-5-19(28)14-17/h3-9,14-15H,10-13,16H2,1-2H3,(H,30,38)(H2,29,32,33). The van der Waals surface area contributed by atoms with Crippen LogP contribution >= 0.6 is 23.8 Å². The lowest BCUT2D eigenvalue weighted by Gasteiger charge is -2.37. The number of nitrogens with zero attached hydrogens (tertiary/aromatic N) is 5. The van der Waals surface area contributed by atoms with E-state index in [0.29, 0.717) is 58.1 Å². The second-order valence-corrected chi connectivity index (χ2v) is 9.63. The van der Waals surface area contributed by atoms with Gasteiger partial charge in [0, 0.05) is 43.3 Å². The molecule has 0 amide bonds. The molecule has 38 heavy (non-hydrogen) atoms. The highest BCUT2D eigenvalue weighted by Crippen LogP contribution is 2.33. The lowest BCUT2D eigenvalue weighted by molar-refractivity contribution is 0.355. The Hall–Kier alpha value is -3.89. The Morgan fingerprint density at radius 2 is 1.76 bits per heavy atom. The molecule has 9 nitrogen and oxygen atoms in total. The third-order valence-electron chi connectivity index (χ3n) is 6.42. The molecule has 1 aliphatic rings. The average Bonchev–Trinajstić information content (AvgIpc) is 2.95. The summed E-state index contributed by atoms with van der Waals surface area (Å²) in [7, 11) is 3.23. The van der Waals surface area contributed by atoms with Crippen LogP contribution in [-0.4, -0.2) is 65.4 Å². The van der Waals surface area contributed by atoms with Crippen molar-refractivity contribution < 1.29 is 9.47 Å². The number of thiocarbonyl (C=S) groups is 1. The summed E-state index contributed by atoms with van der Waals surface area (Å²) in [6, 6.07) is 17.3. The Kier molecular flexibility index (Phi) is 7.62. The number of methoxy groups -OCH3 is 2. The van der Waals surface area contributed by atoms with Crippen molar-refractivity contribution in [3.63, 3.8) is 0 Å². The van der Waals surface area contributed by atoms with Gasteiger partial charge in [-0.05, 0) is 60.2 Å². The van der Waals surface area contributed by atoms with E-state index in [-0.39, 0.29) is 5.95 Å². The fraction of sp³-hybridized carbons (Fsp3) is 0.259. The van der Waals surface area contributed by atoms with Gasteiger partial charge in [0.05, 0.1) is 25.4 Å². The largest absolute Gasteiger partial charge is 0.493 e. The molecule has 2 aromatic carbocycles. The maximum atomic E-state index is 6.09. The number of nitrogens with one attached hydrogen (secondary N) is 1. The fourth-order valence-electron chi connectivity index (χ4n) is 4.45. The topological polar surface area (TPSA) is 102 Å². The van der Waals surface area contributed by atoms with E-state index >= 15 is 0 Å². The maximum Gasteiger partial charge on any atom is 0.222 e. The third kappa shape index (κ3) is 5.51. The number of ether oxygens (including phenoxy) is 2. The Morgan fingerprint density at radius 1 is 0.974 bits per heavy atom. The van der Waals surface area contributed by atoms with Gasteiger partial charge in [-0.2, -0.15) is 4.98 Å². The van der Waals surface area contributed by atoms with Crippen LogP contribution in [0.3, 0.4) is 0 Å². The average molecular weight is 550 g/mol. The van der Waals surface area contributed by atoms with Gasteiger partial charge in [0.1, 0.15) is 5.52 Å². The van der Waals surface area contributed by atoms with Gasteiger partial charge in [-0.15, -0.1) is 0 Å². The Balaban J connectivity index is 1.33. The normalized spacial score (nSPS) is 13.4. The number of rotatable bonds is 6. The van der Waals surface area contributed by atoms with E-state index in [1.54, 1.807) is 14.2 Å². The number of nitrogen functional groups attached to an aromatic ring is 1. The molecular weight excluding hydrogens is 522 g/mol. The van der Waals surface area contributed by atoms with E-state index < -0.39 is 0 Å². The number of hydrogen-bond donors (Lipinski definition) is 2. The third-order valence-corrected chi connectivity index (χ3v) is 7.06. The summed E-state index contributed by atoms with van der Waals surface area (Å²) in [6.07, 6.45) is 0. The lowest BCUT2D eigenvalue weighted by atomic mass is 10.1. The summed E-state index contributed by atoms with van der Waals surface area (Å²) in [5, 5.41) is 4.76. The second kappa shape index (κ2) is 11.2. The van der Waals surface area contributed by atoms with Crippen molar-refractivity contribution in [2.24, 2.45) is 0 Å². The summed E-state index contributed by atoms with van der Waals surface area (Å²) < 4.78 is 10.8. The Morgan fingerprint density at radius 3 is 2.50 bits per heavy atom. The number of nitrogens with two attached hydrogens (primary N) is 1. The van der Waals surface area contributed by atoms with Gasteiger partial charge in [0.2, 0.25) is 5.95 Å². The predicted molar refractivity (Wildman–Crippen MR) is 155 cm³/mol. The molecule has 196 valence electrons. The number of pyridine rings is 1. The monoisotopic (exact) mass is 549 g/mol. The highest BCUT2D eigenvalue weighted by Gasteiger charge is 2.23. The first-order chi connectivity index (χ1) is 18.4. The van der Waals surface area contributed by atoms with Gasteiger partial charge in [-0.25, -0.2) is 9.97 Å². The quantitative estimate of drug-likeness (QED) is 0.341. The van der Waals surface area contributed by atoms with E-state index in [1.807, 2.05) is 54.6 Å². The minimum atomic E-state index is 0.217. The molecule has 0 bridgehead atoms. The molecule has 3 N–H and O–H groups in total. The van der Waals surface area contributed by atoms with E-state index in [2.05, 4.69) is 25.1 Å². The molecule has 0 saturated carbocycles. The van der Waals surface area contributed by atoms with E-state index in [4.69, 9.17) is 44.0 Å². The van der Waals surface area contributed by atoms with Crippen LogP contribution in [0.2, 0.25) is 5.02 Å². The van der Waals surface area contributed by atoms with Crippen molar-refractivity contribution in [2.75, 3.05) is 51.0 Å². The SMILES string of the molecule is COc1ccc(-c2ccc3nc(N)nc(N4CCN(C(=S)NCc5cccc(Cl)c5)CC4)c3n2)cc1OC. The molecule has 0 radical (unpaired) electrons. The van der Waals surface area contributed by atoms with Crippen LogP contribution in [0.5, 0.6) is 11.5 Å². The smallest absolute Gasteiger partial charge is 0.222 e. The van der Waals surface area contributed by atoms with Crippen molar-refractivity contribution in [3.05, 3.63) is 65.2 Å². The number of hydrogen-bond acceptors (Lipinski definition) is 8. The summed E-state index contributed by atoms with van der Waals surface area (Å²) in [6.45, 7) is 3.53. The van der Waals surface area contributed by atoms with Crippen molar-refractivity contribution in [1.82, 2.24) is 25.2 Å². The lowest BCUT2D eigenvalue weighted by Crippen LogP contribution is -2.51. The molecule has 1 saturated heterocycles. The molecule has 1 aliphatic heterocycles. The number of aromatic nitrogens is 3. The van der Waals surface area contributed by atoms with Gasteiger partial charge in [0.25, 0.3) is 0 Å². The van der Waals surface area contributed by atoms with Gasteiger partial charge in [-0.1, -0.05) is 23.7 Å². The molecular formula is C27H28ClN7O2S. The zero-order valence-corrected chi connectivity index (χ0v) is 22.7. The number of anilines is 2. The summed E-state index contributed by atoms with van der Waals surface area (Å²) in [5.41, 5.74) is 10.2. The number of halogens is 1. The minimum Gasteiger partial charge on any atom is -0.493 e. The zero-order valence-electron chi connectivity index (χ0n) is 21.1. The van der Waals surface area contributed by atoms with Crippen LogP contribution in [0.25, 0.3) is 22.3 Å². The van der Waals surface area contributed by atoms with E-state index in [0.717, 1.165) is 29.9 Å². The summed E-state index contributed by atoms with van der Waals surface area (Å²) >= 11 is 11.7. The summed E-state index contributed by atoms with van der Waals surface area (Å²) in [4.78, 5) is 18.3. The molecule has 4 aromatic rings. The van der Waals surface area contributed by atoms with Crippen molar-refractivity contribution in [2.45, 2.75) is 6.54 Å². The van der Waals surface area contributed by atoms with Crippen LogP contribution in [-0.2, 0) is 6.54 Å². The molecule has 0 spiro atoms. The van der Waals surface area contributed by atoms with Crippen LogP contribution < -0.4 is 25.4 Å². The first-order valence-corrected chi connectivity index (χ1v) is 12.9. The Bertz CT molecular complexity index is 1480. The van der Waals surface area contributed by atoms with E-state index in [1.165, 1.54) is 0 Å². The molecule has 0 aliphatic carbocycles. The molecule has 5 rings (SSSR count). The van der Waals surface area contributed by atoms with E-state index in [9.17, 15) is 0 Å².